The highest BCUT2D eigenvalue weighted by molar-refractivity contribution is 5.63. The minimum absolute atomic E-state index is 0.478. The van der Waals surface area contributed by atoms with E-state index in [2.05, 4.69) is 40.3 Å². The highest BCUT2D eigenvalue weighted by atomic mass is 16.3. The Morgan fingerprint density at radius 3 is 2.54 bits per heavy atom. The molecule has 0 atom stereocenters. The van der Waals surface area contributed by atoms with E-state index in [9.17, 15) is 5.11 Å². The molecule has 2 saturated carbocycles. The molecule has 4 nitrogen and oxygen atoms in total. The van der Waals surface area contributed by atoms with Crippen LogP contribution < -0.4 is 5.32 Å². The molecule has 4 rings (SSSR count). The number of benzene rings is 1. The molecule has 2 aliphatic rings. The van der Waals surface area contributed by atoms with Crippen LogP contribution in [0, 0.1) is 0 Å². The van der Waals surface area contributed by atoms with Crippen LogP contribution in [0.3, 0.4) is 0 Å². The first kappa shape index (κ1) is 15.9. The largest absolute Gasteiger partial charge is 0.389 e. The molecule has 0 aliphatic heterocycles. The van der Waals surface area contributed by atoms with Gasteiger partial charge in [0, 0.05) is 24.2 Å². The van der Waals surface area contributed by atoms with Crippen molar-refractivity contribution in [3.63, 3.8) is 0 Å². The van der Waals surface area contributed by atoms with Crippen LogP contribution in [0.2, 0.25) is 0 Å². The van der Waals surface area contributed by atoms with Gasteiger partial charge in [0.15, 0.2) is 0 Å². The van der Waals surface area contributed by atoms with Crippen LogP contribution in [0.5, 0.6) is 0 Å². The highest BCUT2D eigenvalue weighted by Gasteiger charge is 2.33. The van der Waals surface area contributed by atoms with E-state index >= 15 is 0 Å². The van der Waals surface area contributed by atoms with Crippen molar-refractivity contribution < 1.29 is 5.11 Å². The second-order valence-electron chi connectivity index (χ2n) is 7.45. The molecule has 2 N–H and O–H groups in total. The van der Waals surface area contributed by atoms with Crippen molar-refractivity contribution in [2.24, 2.45) is 0 Å². The first-order valence-corrected chi connectivity index (χ1v) is 9.30. The molecule has 0 unspecified atom stereocenters. The Hall–Kier alpha value is -1.65. The molecule has 2 aromatic rings. The van der Waals surface area contributed by atoms with Crippen molar-refractivity contribution in [1.29, 1.82) is 0 Å². The van der Waals surface area contributed by atoms with Crippen molar-refractivity contribution in [3.8, 4) is 11.3 Å². The lowest BCUT2D eigenvalue weighted by Crippen LogP contribution is -2.46. The molecule has 2 aliphatic carbocycles. The van der Waals surface area contributed by atoms with Crippen molar-refractivity contribution in [2.45, 2.75) is 63.1 Å². The third-order valence-electron chi connectivity index (χ3n) is 5.64. The summed E-state index contributed by atoms with van der Waals surface area (Å²) in [4.78, 5) is 0. The summed E-state index contributed by atoms with van der Waals surface area (Å²) in [6.07, 6.45) is 10.1. The molecule has 0 radical (unpaired) electrons. The minimum Gasteiger partial charge on any atom is -0.389 e. The number of hydrogen-bond acceptors (Lipinski definition) is 3. The zero-order valence-electron chi connectivity index (χ0n) is 14.2. The molecular weight excluding hydrogens is 298 g/mol. The maximum absolute atomic E-state index is 10.3. The molecule has 128 valence electrons. The predicted molar refractivity (Wildman–Crippen MR) is 95.7 cm³/mol. The molecule has 0 bridgehead atoms. The molecule has 1 aromatic heterocycles. The van der Waals surface area contributed by atoms with Crippen LogP contribution in [0.4, 0.5) is 0 Å². The van der Waals surface area contributed by atoms with Crippen LogP contribution in [-0.2, 0) is 6.54 Å². The molecule has 1 aromatic carbocycles. The van der Waals surface area contributed by atoms with Gasteiger partial charge in [-0.1, -0.05) is 43.2 Å². The summed E-state index contributed by atoms with van der Waals surface area (Å²) in [7, 11) is 0. The third kappa shape index (κ3) is 3.13. The van der Waals surface area contributed by atoms with Crippen LogP contribution in [0.1, 0.15) is 56.6 Å². The Labute approximate surface area is 143 Å². The lowest BCUT2D eigenvalue weighted by atomic mass is 9.80. The standard InChI is InChI=1S/C20H27N3O/c24-20(11-6-12-20)15-21-13-17-14-22-23(18-9-4-5-10-18)19(17)16-7-2-1-3-8-16/h1-3,7-8,14,18,21,24H,4-6,9-13,15H2. The molecule has 24 heavy (non-hydrogen) atoms. The Bertz CT molecular complexity index is 669. The van der Waals surface area contributed by atoms with Crippen LogP contribution >= 0.6 is 0 Å². The van der Waals surface area contributed by atoms with E-state index in [-0.39, 0.29) is 0 Å². The van der Waals surface area contributed by atoms with Gasteiger partial charge >= 0.3 is 0 Å². The topological polar surface area (TPSA) is 50.1 Å². The smallest absolute Gasteiger partial charge is 0.0771 e. The maximum Gasteiger partial charge on any atom is 0.0771 e. The average Bonchev–Trinajstić information content (AvgIpc) is 3.23. The number of nitrogens with one attached hydrogen (secondary N) is 1. The quantitative estimate of drug-likeness (QED) is 0.852. The molecular formula is C20H27N3O. The molecule has 2 fully saturated rings. The molecule has 1 heterocycles. The van der Waals surface area contributed by atoms with E-state index in [0.29, 0.717) is 12.6 Å². The summed E-state index contributed by atoms with van der Waals surface area (Å²) in [6, 6.07) is 11.1. The van der Waals surface area contributed by atoms with Crippen molar-refractivity contribution >= 4 is 0 Å². The Morgan fingerprint density at radius 1 is 1.12 bits per heavy atom. The van der Waals surface area contributed by atoms with Gasteiger partial charge in [-0.15, -0.1) is 0 Å². The SMILES string of the molecule is OC1(CNCc2cnn(C3CCCC3)c2-c2ccccc2)CCC1. The maximum atomic E-state index is 10.3. The van der Waals surface area contributed by atoms with Gasteiger partial charge < -0.3 is 10.4 Å². The lowest BCUT2D eigenvalue weighted by Gasteiger charge is -2.36. The van der Waals surface area contributed by atoms with Gasteiger partial charge in [0.2, 0.25) is 0 Å². The van der Waals surface area contributed by atoms with E-state index in [1.54, 1.807) is 0 Å². The summed E-state index contributed by atoms with van der Waals surface area (Å²) in [5.74, 6) is 0. The molecule has 0 amide bonds. The fourth-order valence-corrected chi connectivity index (χ4v) is 4.06. The second kappa shape index (κ2) is 6.69. The Kier molecular flexibility index (Phi) is 4.42. The predicted octanol–water partition coefficient (Wildman–Crippen LogP) is 3.67. The van der Waals surface area contributed by atoms with E-state index in [1.807, 2.05) is 6.20 Å². The van der Waals surface area contributed by atoms with Crippen LogP contribution in [-0.4, -0.2) is 27.0 Å². The summed E-state index contributed by atoms with van der Waals surface area (Å²) in [6.45, 7) is 1.44. The lowest BCUT2D eigenvalue weighted by molar-refractivity contribution is -0.0314. The number of aromatic nitrogens is 2. The Morgan fingerprint density at radius 2 is 1.88 bits per heavy atom. The zero-order valence-corrected chi connectivity index (χ0v) is 14.2. The van der Waals surface area contributed by atoms with E-state index in [1.165, 1.54) is 42.5 Å². The van der Waals surface area contributed by atoms with E-state index in [4.69, 9.17) is 5.10 Å². The van der Waals surface area contributed by atoms with E-state index in [0.717, 1.165) is 25.8 Å². The molecule has 0 spiro atoms. The van der Waals surface area contributed by atoms with Crippen molar-refractivity contribution in [3.05, 3.63) is 42.1 Å². The van der Waals surface area contributed by atoms with Crippen molar-refractivity contribution in [1.82, 2.24) is 15.1 Å². The fraction of sp³-hybridized carbons (Fsp3) is 0.550. The van der Waals surface area contributed by atoms with Gasteiger partial charge in [-0.3, -0.25) is 4.68 Å². The van der Waals surface area contributed by atoms with Gasteiger partial charge in [-0.05, 0) is 32.1 Å². The van der Waals surface area contributed by atoms with Crippen molar-refractivity contribution in [2.75, 3.05) is 6.54 Å². The van der Waals surface area contributed by atoms with Gasteiger partial charge in [0.05, 0.1) is 23.5 Å². The van der Waals surface area contributed by atoms with Gasteiger partial charge in [-0.25, -0.2) is 0 Å². The van der Waals surface area contributed by atoms with Crippen LogP contribution in [0.25, 0.3) is 11.3 Å². The molecule has 4 heteroatoms. The summed E-state index contributed by atoms with van der Waals surface area (Å²) in [5.41, 5.74) is 3.24. The number of aliphatic hydroxyl groups is 1. The summed E-state index contributed by atoms with van der Waals surface area (Å²) < 4.78 is 2.25. The van der Waals surface area contributed by atoms with Gasteiger partial charge in [-0.2, -0.15) is 5.10 Å². The summed E-state index contributed by atoms with van der Waals surface area (Å²) >= 11 is 0. The highest BCUT2D eigenvalue weighted by Crippen LogP contribution is 2.35. The number of hydrogen-bond donors (Lipinski definition) is 2. The second-order valence-corrected chi connectivity index (χ2v) is 7.45. The minimum atomic E-state index is -0.478. The van der Waals surface area contributed by atoms with Gasteiger partial charge in [0.25, 0.3) is 0 Å². The first-order valence-electron chi connectivity index (χ1n) is 9.30. The van der Waals surface area contributed by atoms with Crippen LogP contribution in [0.15, 0.2) is 36.5 Å². The monoisotopic (exact) mass is 325 g/mol. The first-order chi connectivity index (χ1) is 11.8. The Balaban J connectivity index is 1.56. The zero-order chi connectivity index (χ0) is 16.4. The van der Waals surface area contributed by atoms with E-state index < -0.39 is 5.60 Å². The average molecular weight is 325 g/mol. The molecule has 0 saturated heterocycles. The fourth-order valence-electron chi connectivity index (χ4n) is 4.06. The normalized spacial score (nSPS) is 20.2. The number of nitrogens with zero attached hydrogens (tertiary/aromatic N) is 2. The van der Waals surface area contributed by atoms with Gasteiger partial charge in [0.1, 0.15) is 0 Å². The summed E-state index contributed by atoms with van der Waals surface area (Å²) in [5, 5.41) is 18.5. The number of rotatable bonds is 6. The third-order valence-corrected chi connectivity index (χ3v) is 5.64.